The van der Waals surface area contributed by atoms with Crippen LogP contribution >= 0.6 is 11.3 Å². The van der Waals surface area contributed by atoms with Crippen molar-refractivity contribution in [1.29, 1.82) is 0 Å². The molecule has 0 unspecified atom stereocenters. The number of methoxy groups -OCH3 is 2. The van der Waals surface area contributed by atoms with Gasteiger partial charge in [0, 0.05) is 47.8 Å². The van der Waals surface area contributed by atoms with Crippen LogP contribution in [0.5, 0.6) is 11.5 Å². The molecule has 0 bridgehead atoms. The van der Waals surface area contributed by atoms with Crippen LogP contribution in [-0.4, -0.2) is 29.7 Å². The van der Waals surface area contributed by atoms with E-state index in [0.29, 0.717) is 27.4 Å². The highest BCUT2D eigenvalue weighted by molar-refractivity contribution is 7.17. The average molecular weight is 450 g/mol. The lowest BCUT2D eigenvalue weighted by atomic mass is 10.1. The smallest absolute Gasteiger partial charge is 0.262 e. The van der Waals surface area contributed by atoms with Crippen molar-refractivity contribution in [3.8, 4) is 22.6 Å². The van der Waals surface area contributed by atoms with Gasteiger partial charge in [0.05, 0.1) is 25.9 Å². The first-order valence-corrected chi connectivity index (χ1v) is 10.9. The quantitative estimate of drug-likeness (QED) is 0.450. The van der Waals surface area contributed by atoms with E-state index in [1.54, 1.807) is 32.4 Å². The number of nitrogens with one attached hydrogen (secondary N) is 1. The summed E-state index contributed by atoms with van der Waals surface area (Å²) >= 11 is 1.44. The van der Waals surface area contributed by atoms with Crippen LogP contribution in [0.15, 0.2) is 59.0 Å². The van der Waals surface area contributed by atoms with Crippen LogP contribution in [0.2, 0.25) is 0 Å². The van der Waals surface area contributed by atoms with Gasteiger partial charge in [0.15, 0.2) is 0 Å². The van der Waals surface area contributed by atoms with Gasteiger partial charge in [0.1, 0.15) is 16.3 Å². The molecule has 4 aromatic rings. The van der Waals surface area contributed by atoms with Gasteiger partial charge in [-0.1, -0.05) is 29.8 Å². The topological polar surface area (TPSA) is 82.5 Å². The number of nitrogens with zero attached hydrogens (tertiary/aromatic N) is 2. The van der Waals surface area contributed by atoms with E-state index < -0.39 is 0 Å². The predicted octanol–water partition coefficient (Wildman–Crippen LogP) is 4.48. The molecule has 0 aliphatic carbocycles. The van der Waals surface area contributed by atoms with Crippen molar-refractivity contribution >= 4 is 33.1 Å². The van der Waals surface area contributed by atoms with Gasteiger partial charge in [-0.2, -0.15) is 0 Å². The molecule has 0 aliphatic rings. The molecule has 2 aromatic carbocycles. The summed E-state index contributed by atoms with van der Waals surface area (Å²) in [6.45, 7) is 2.24. The summed E-state index contributed by atoms with van der Waals surface area (Å²) in [6.07, 6.45) is 1.62. The summed E-state index contributed by atoms with van der Waals surface area (Å²) in [7, 11) is 3.09. The summed E-state index contributed by atoms with van der Waals surface area (Å²) in [4.78, 5) is 30.8. The molecule has 8 heteroatoms. The Kier molecular flexibility index (Phi) is 6.23. The van der Waals surface area contributed by atoms with Crippen molar-refractivity contribution in [3.05, 3.63) is 70.1 Å². The first kappa shape index (κ1) is 21.6. The molecule has 0 saturated carbocycles. The van der Waals surface area contributed by atoms with E-state index in [1.165, 1.54) is 22.2 Å². The number of carbonyl (C=O) groups excluding carboxylic acids is 1. The lowest BCUT2D eigenvalue weighted by Crippen LogP contribution is -2.23. The summed E-state index contributed by atoms with van der Waals surface area (Å²) in [5.41, 5.74) is 3.41. The van der Waals surface area contributed by atoms with E-state index in [0.717, 1.165) is 16.7 Å². The number of thiophene rings is 1. The number of fused-ring (bicyclic) bond motifs is 1. The maximum Gasteiger partial charge on any atom is 0.262 e. The fourth-order valence-electron chi connectivity index (χ4n) is 3.40. The minimum Gasteiger partial charge on any atom is -0.497 e. The van der Waals surface area contributed by atoms with Crippen molar-refractivity contribution in [1.82, 2.24) is 9.55 Å². The predicted molar refractivity (Wildman–Crippen MR) is 127 cm³/mol. The van der Waals surface area contributed by atoms with E-state index in [1.807, 2.05) is 36.6 Å². The second-order valence-corrected chi connectivity index (χ2v) is 8.20. The second kappa shape index (κ2) is 9.23. The van der Waals surface area contributed by atoms with E-state index in [9.17, 15) is 9.59 Å². The van der Waals surface area contributed by atoms with Crippen molar-refractivity contribution in [2.45, 2.75) is 19.9 Å². The molecular weight excluding hydrogens is 426 g/mol. The number of hydrogen-bond acceptors (Lipinski definition) is 6. The molecule has 1 amide bonds. The molecule has 1 N–H and O–H groups in total. The van der Waals surface area contributed by atoms with Gasteiger partial charge in [-0.3, -0.25) is 14.2 Å². The SMILES string of the molecule is COc1cc(NC(=O)CCn2cnc3scc(-c4ccc(C)cc4)c3c2=O)cc(OC)c1. The van der Waals surface area contributed by atoms with Crippen molar-refractivity contribution in [2.24, 2.45) is 0 Å². The minimum atomic E-state index is -0.226. The van der Waals surface area contributed by atoms with Gasteiger partial charge in [0.25, 0.3) is 5.56 Å². The van der Waals surface area contributed by atoms with Crippen LogP contribution in [0.4, 0.5) is 5.69 Å². The third-order valence-corrected chi connectivity index (χ3v) is 6.02. The maximum absolute atomic E-state index is 13.2. The van der Waals surface area contributed by atoms with Gasteiger partial charge < -0.3 is 14.8 Å². The van der Waals surface area contributed by atoms with Crippen LogP contribution in [0.25, 0.3) is 21.3 Å². The highest BCUT2D eigenvalue weighted by Crippen LogP contribution is 2.31. The highest BCUT2D eigenvalue weighted by atomic mass is 32.1. The van der Waals surface area contributed by atoms with Crippen LogP contribution in [0.3, 0.4) is 0 Å². The van der Waals surface area contributed by atoms with Gasteiger partial charge in [0.2, 0.25) is 5.91 Å². The summed E-state index contributed by atoms with van der Waals surface area (Å²) in [5, 5.41) is 5.36. The monoisotopic (exact) mass is 449 g/mol. The zero-order chi connectivity index (χ0) is 22.7. The van der Waals surface area contributed by atoms with Crippen molar-refractivity contribution < 1.29 is 14.3 Å². The second-order valence-electron chi connectivity index (χ2n) is 7.34. The summed E-state index contributed by atoms with van der Waals surface area (Å²) in [6, 6.07) is 13.2. The molecule has 0 aliphatic heterocycles. The number of aromatic nitrogens is 2. The van der Waals surface area contributed by atoms with Gasteiger partial charge >= 0.3 is 0 Å². The van der Waals surface area contributed by atoms with Crippen LogP contribution in [0, 0.1) is 6.92 Å². The summed E-state index contributed by atoms with van der Waals surface area (Å²) in [5.74, 6) is 0.926. The number of rotatable bonds is 7. The maximum atomic E-state index is 13.2. The molecule has 32 heavy (non-hydrogen) atoms. The lowest BCUT2D eigenvalue weighted by Gasteiger charge is -2.10. The van der Waals surface area contributed by atoms with Crippen molar-refractivity contribution in [2.75, 3.05) is 19.5 Å². The number of benzene rings is 2. The van der Waals surface area contributed by atoms with E-state index in [-0.39, 0.29) is 24.4 Å². The first-order chi connectivity index (χ1) is 15.5. The minimum absolute atomic E-state index is 0.122. The van der Waals surface area contributed by atoms with E-state index in [2.05, 4.69) is 10.3 Å². The molecule has 0 atom stereocenters. The third-order valence-electron chi connectivity index (χ3n) is 5.14. The summed E-state index contributed by atoms with van der Waals surface area (Å²) < 4.78 is 11.9. The van der Waals surface area contributed by atoms with Gasteiger partial charge in [-0.15, -0.1) is 11.3 Å². The molecule has 0 saturated heterocycles. The highest BCUT2D eigenvalue weighted by Gasteiger charge is 2.14. The molecule has 4 rings (SSSR count). The first-order valence-electron chi connectivity index (χ1n) is 10.0. The van der Waals surface area contributed by atoms with E-state index >= 15 is 0 Å². The molecule has 0 spiro atoms. The standard InChI is InChI=1S/C24H23N3O4S/c1-15-4-6-16(7-5-15)20-13-32-23-22(20)24(29)27(14-25-23)9-8-21(28)26-17-10-18(30-2)12-19(11-17)31-3/h4-7,10-14H,8-9H2,1-3H3,(H,26,28). The molecule has 7 nitrogen and oxygen atoms in total. The van der Waals surface area contributed by atoms with E-state index in [4.69, 9.17) is 9.47 Å². The molecule has 2 heterocycles. The number of aryl methyl sites for hydroxylation is 2. The Morgan fingerprint density at radius 1 is 1.09 bits per heavy atom. The normalized spacial score (nSPS) is 10.8. The number of anilines is 1. The van der Waals surface area contributed by atoms with Crippen molar-refractivity contribution in [3.63, 3.8) is 0 Å². The largest absolute Gasteiger partial charge is 0.497 e. The number of carbonyl (C=O) groups is 1. The number of ether oxygens (including phenoxy) is 2. The lowest BCUT2D eigenvalue weighted by molar-refractivity contribution is -0.116. The van der Waals surface area contributed by atoms with Crippen LogP contribution in [0.1, 0.15) is 12.0 Å². The van der Waals surface area contributed by atoms with Gasteiger partial charge in [-0.25, -0.2) is 4.98 Å². The molecule has 0 radical (unpaired) electrons. The Morgan fingerprint density at radius 2 is 1.78 bits per heavy atom. The third kappa shape index (κ3) is 4.50. The molecule has 164 valence electrons. The molecule has 0 fully saturated rings. The Hall–Kier alpha value is -3.65. The fraction of sp³-hybridized carbons (Fsp3) is 0.208. The zero-order valence-corrected chi connectivity index (χ0v) is 18.9. The van der Waals surface area contributed by atoms with Gasteiger partial charge in [-0.05, 0) is 12.5 Å². The zero-order valence-electron chi connectivity index (χ0n) is 18.0. The number of hydrogen-bond donors (Lipinski definition) is 1. The molecular formula is C24H23N3O4S. The Labute approximate surface area is 189 Å². The van der Waals surface area contributed by atoms with Crippen LogP contribution in [-0.2, 0) is 11.3 Å². The Bertz CT molecular complexity index is 1300. The molecule has 2 aromatic heterocycles. The average Bonchev–Trinajstić information content (AvgIpc) is 3.23. The Balaban J connectivity index is 1.53. The van der Waals surface area contributed by atoms with Crippen LogP contribution < -0.4 is 20.3 Å². The fourth-order valence-corrected chi connectivity index (χ4v) is 4.30. The Morgan fingerprint density at radius 3 is 2.44 bits per heavy atom. The number of amides is 1.